The third-order valence-electron chi connectivity index (χ3n) is 3.90. The molecule has 1 heterocycles. The Hall–Kier alpha value is -1.11. The fourth-order valence-corrected chi connectivity index (χ4v) is 4.72. The van der Waals surface area contributed by atoms with Crippen molar-refractivity contribution in [1.82, 2.24) is 4.31 Å². The number of methoxy groups -OCH3 is 1. The quantitative estimate of drug-likeness (QED) is 0.823. The molecule has 0 aliphatic carbocycles. The van der Waals surface area contributed by atoms with Crippen molar-refractivity contribution in [3.8, 4) is 5.75 Å². The number of benzene rings is 1. The number of nitrogens with zero attached hydrogens (tertiary/aromatic N) is 1. The Bertz CT molecular complexity index is 660. The van der Waals surface area contributed by atoms with E-state index in [1.54, 1.807) is 6.92 Å². The minimum atomic E-state index is -3.74. The number of carbonyl (C=O) groups is 1. The van der Waals surface area contributed by atoms with Crippen molar-refractivity contribution in [3.63, 3.8) is 0 Å². The summed E-state index contributed by atoms with van der Waals surface area (Å²) >= 11 is 6.03. The van der Waals surface area contributed by atoms with Crippen molar-refractivity contribution in [3.05, 3.63) is 23.2 Å². The van der Waals surface area contributed by atoms with Crippen LogP contribution in [0.2, 0.25) is 5.02 Å². The summed E-state index contributed by atoms with van der Waals surface area (Å²) < 4.78 is 32.0. The smallest absolute Gasteiger partial charge is 0.243 e. The predicted octanol–water partition coefficient (Wildman–Crippen LogP) is 2.87. The van der Waals surface area contributed by atoms with E-state index in [0.29, 0.717) is 25.1 Å². The monoisotopic (exact) mass is 345 g/mol. The van der Waals surface area contributed by atoms with Crippen LogP contribution in [0.15, 0.2) is 23.1 Å². The largest absolute Gasteiger partial charge is 0.495 e. The number of hydrogen-bond acceptors (Lipinski definition) is 4. The third-order valence-corrected chi connectivity index (χ3v) is 6.10. The Kier molecular flexibility index (Phi) is 5.47. The van der Waals surface area contributed by atoms with Gasteiger partial charge in [0.15, 0.2) is 5.78 Å². The van der Waals surface area contributed by atoms with Crippen LogP contribution in [0, 0.1) is 0 Å². The number of halogens is 1. The van der Waals surface area contributed by atoms with Gasteiger partial charge in [-0.3, -0.25) is 4.79 Å². The third kappa shape index (κ3) is 3.29. The van der Waals surface area contributed by atoms with E-state index in [-0.39, 0.29) is 15.7 Å². The standard InChI is InChI=1S/C15H20ClNO4S/c1-3-14(18)13-6-4-5-9-17(13)22(19,20)11-7-8-15(21-2)12(16)10-11/h7-8,10,13H,3-6,9H2,1-2H3. The van der Waals surface area contributed by atoms with Gasteiger partial charge in [-0.1, -0.05) is 24.9 Å². The second-order valence-electron chi connectivity index (χ2n) is 5.24. The number of carbonyl (C=O) groups excluding carboxylic acids is 1. The first kappa shape index (κ1) is 17.2. The lowest BCUT2D eigenvalue weighted by atomic mass is 10.00. The van der Waals surface area contributed by atoms with Crippen molar-refractivity contribution in [2.45, 2.75) is 43.5 Å². The summed E-state index contributed by atoms with van der Waals surface area (Å²) in [6, 6.07) is 3.79. The second kappa shape index (κ2) is 6.98. The zero-order valence-electron chi connectivity index (χ0n) is 12.7. The minimum Gasteiger partial charge on any atom is -0.495 e. The molecule has 1 aliphatic heterocycles. The van der Waals surface area contributed by atoms with Gasteiger partial charge in [0.25, 0.3) is 0 Å². The second-order valence-corrected chi connectivity index (χ2v) is 7.54. The highest BCUT2D eigenvalue weighted by Crippen LogP contribution is 2.31. The summed E-state index contributed by atoms with van der Waals surface area (Å²) in [7, 11) is -2.27. The zero-order chi connectivity index (χ0) is 16.3. The van der Waals surface area contributed by atoms with Gasteiger partial charge in [0.1, 0.15) is 5.75 Å². The Morgan fingerprint density at radius 1 is 1.41 bits per heavy atom. The van der Waals surface area contributed by atoms with E-state index in [1.165, 1.54) is 29.6 Å². The molecule has 5 nitrogen and oxygen atoms in total. The molecule has 1 atom stereocenters. The van der Waals surface area contributed by atoms with Crippen LogP contribution in [-0.2, 0) is 14.8 Å². The molecule has 0 spiro atoms. The molecule has 0 bridgehead atoms. The Morgan fingerprint density at radius 3 is 2.73 bits per heavy atom. The van der Waals surface area contributed by atoms with Gasteiger partial charge in [-0.25, -0.2) is 8.42 Å². The Labute approximate surface area is 136 Å². The predicted molar refractivity (Wildman–Crippen MR) is 84.8 cm³/mol. The summed E-state index contributed by atoms with van der Waals surface area (Å²) in [6.07, 6.45) is 2.54. The van der Waals surface area contributed by atoms with E-state index in [2.05, 4.69) is 0 Å². The lowest BCUT2D eigenvalue weighted by Crippen LogP contribution is -2.47. The molecule has 0 amide bonds. The Morgan fingerprint density at radius 2 is 2.14 bits per heavy atom. The van der Waals surface area contributed by atoms with E-state index in [4.69, 9.17) is 16.3 Å². The molecule has 0 N–H and O–H groups in total. The number of ether oxygens (including phenoxy) is 1. The molecule has 122 valence electrons. The maximum Gasteiger partial charge on any atom is 0.243 e. The molecule has 22 heavy (non-hydrogen) atoms. The van der Waals surface area contributed by atoms with Crippen molar-refractivity contribution >= 4 is 27.4 Å². The van der Waals surface area contributed by atoms with Crippen LogP contribution in [0.5, 0.6) is 5.75 Å². The highest BCUT2D eigenvalue weighted by molar-refractivity contribution is 7.89. The lowest BCUT2D eigenvalue weighted by molar-refractivity contribution is -0.123. The van der Waals surface area contributed by atoms with Gasteiger partial charge in [0.05, 0.1) is 23.1 Å². The van der Waals surface area contributed by atoms with Crippen molar-refractivity contribution in [2.24, 2.45) is 0 Å². The molecule has 1 aliphatic rings. The van der Waals surface area contributed by atoms with Crippen LogP contribution in [0.4, 0.5) is 0 Å². The molecular weight excluding hydrogens is 326 g/mol. The molecule has 1 saturated heterocycles. The van der Waals surface area contributed by atoms with E-state index < -0.39 is 16.1 Å². The SMILES string of the molecule is CCC(=O)C1CCCCN1S(=O)(=O)c1ccc(OC)c(Cl)c1. The summed E-state index contributed by atoms with van der Waals surface area (Å²) in [5, 5.41) is 0.235. The first-order valence-corrected chi connectivity index (χ1v) is 9.11. The van der Waals surface area contributed by atoms with Crippen LogP contribution in [0.3, 0.4) is 0 Å². The number of sulfonamides is 1. The highest BCUT2D eigenvalue weighted by atomic mass is 35.5. The first-order chi connectivity index (χ1) is 10.4. The fraction of sp³-hybridized carbons (Fsp3) is 0.533. The maximum absolute atomic E-state index is 12.8. The van der Waals surface area contributed by atoms with Crippen molar-refractivity contribution < 1.29 is 17.9 Å². The highest BCUT2D eigenvalue weighted by Gasteiger charge is 2.36. The first-order valence-electron chi connectivity index (χ1n) is 7.30. The van der Waals surface area contributed by atoms with E-state index in [1.807, 2.05) is 0 Å². The maximum atomic E-state index is 12.8. The molecule has 0 radical (unpaired) electrons. The van der Waals surface area contributed by atoms with Gasteiger partial charge < -0.3 is 4.74 Å². The van der Waals surface area contributed by atoms with E-state index in [9.17, 15) is 13.2 Å². The number of hydrogen-bond donors (Lipinski definition) is 0. The summed E-state index contributed by atoms with van der Waals surface area (Å²) in [6.45, 7) is 2.12. The van der Waals surface area contributed by atoms with Gasteiger partial charge in [-0.15, -0.1) is 0 Å². The number of ketones is 1. The van der Waals surface area contributed by atoms with Crippen LogP contribution >= 0.6 is 11.6 Å². The number of Topliss-reactive ketones (excluding diaryl/α,β-unsaturated/α-hetero) is 1. The van der Waals surface area contributed by atoms with Crippen LogP contribution in [0.1, 0.15) is 32.6 Å². The summed E-state index contributed by atoms with van der Waals surface area (Å²) in [4.78, 5) is 12.2. The minimum absolute atomic E-state index is 0.0390. The molecule has 1 aromatic rings. The van der Waals surface area contributed by atoms with Gasteiger partial charge in [-0.2, -0.15) is 4.31 Å². The van der Waals surface area contributed by atoms with Crippen molar-refractivity contribution in [1.29, 1.82) is 0 Å². The molecule has 2 rings (SSSR count). The normalized spacial score (nSPS) is 19.9. The Balaban J connectivity index is 2.39. The topological polar surface area (TPSA) is 63.7 Å². The van der Waals surface area contributed by atoms with Gasteiger partial charge in [0.2, 0.25) is 10.0 Å². The molecule has 1 fully saturated rings. The van der Waals surface area contributed by atoms with E-state index >= 15 is 0 Å². The van der Waals surface area contributed by atoms with E-state index in [0.717, 1.165) is 12.8 Å². The molecule has 0 saturated carbocycles. The van der Waals surface area contributed by atoms with Crippen molar-refractivity contribution in [2.75, 3.05) is 13.7 Å². The average molecular weight is 346 g/mol. The van der Waals surface area contributed by atoms with Gasteiger partial charge >= 0.3 is 0 Å². The zero-order valence-corrected chi connectivity index (χ0v) is 14.3. The molecule has 1 unspecified atom stereocenters. The molecule has 0 aromatic heterocycles. The summed E-state index contributed by atoms with van der Waals surface area (Å²) in [5.41, 5.74) is 0. The number of rotatable bonds is 5. The molecule has 1 aromatic carbocycles. The fourth-order valence-electron chi connectivity index (χ4n) is 2.69. The lowest BCUT2D eigenvalue weighted by Gasteiger charge is -2.33. The van der Waals surface area contributed by atoms with Crippen LogP contribution in [-0.4, -0.2) is 38.2 Å². The van der Waals surface area contributed by atoms with Crippen LogP contribution < -0.4 is 4.74 Å². The average Bonchev–Trinajstić information content (AvgIpc) is 2.54. The van der Waals surface area contributed by atoms with Gasteiger partial charge in [-0.05, 0) is 31.0 Å². The number of piperidine rings is 1. The van der Waals surface area contributed by atoms with Crippen LogP contribution in [0.25, 0.3) is 0 Å². The molecular formula is C15H20ClNO4S. The van der Waals surface area contributed by atoms with Gasteiger partial charge in [0, 0.05) is 13.0 Å². The summed E-state index contributed by atoms with van der Waals surface area (Å²) in [5.74, 6) is 0.378. The molecule has 7 heteroatoms.